The summed E-state index contributed by atoms with van der Waals surface area (Å²) in [7, 11) is 0. The predicted molar refractivity (Wildman–Crippen MR) is 61.6 cm³/mol. The molecule has 1 heterocycles. The van der Waals surface area contributed by atoms with E-state index in [1.165, 1.54) is 18.5 Å². The fraction of sp³-hybridized carbons (Fsp3) is 0.500. The summed E-state index contributed by atoms with van der Waals surface area (Å²) < 4.78 is 0. The summed E-state index contributed by atoms with van der Waals surface area (Å²) in [5.41, 5.74) is 0.331. The number of hydrogen-bond donors (Lipinski definition) is 3. The number of aliphatic hydroxyl groups is 1. The Morgan fingerprint density at radius 2 is 2.29 bits per heavy atom. The van der Waals surface area contributed by atoms with Crippen LogP contribution in [0.4, 0.5) is 0 Å². The van der Waals surface area contributed by atoms with Gasteiger partial charge in [-0.15, -0.1) is 0 Å². The fourth-order valence-corrected chi connectivity index (χ4v) is 2.13. The zero-order valence-corrected chi connectivity index (χ0v) is 9.47. The Morgan fingerprint density at radius 3 is 2.94 bits per heavy atom. The van der Waals surface area contributed by atoms with Gasteiger partial charge in [-0.25, -0.2) is 0 Å². The van der Waals surface area contributed by atoms with E-state index in [0.717, 1.165) is 19.3 Å². The quantitative estimate of drug-likeness (QED) is 0.720. The summed E-state index contributed by atoms with van der Waals surface area (Å²) >= 11 is 0. The van der Waals surface area contributed by atoms with Crippen molar-refractivity contribution in [1.82, 2.24) is 10.3 Å². The first-order valence-electron chi connectivity index (χ1n) is 5.77. The summed E-state index contributed by atoms with van der Waals surface area (Å²) in [4.78, 5) is 15.5. The number of amides is 1. The van der Waals surface area contributed by atoms with E-state index in [9.17, 15) is 15.0 Å². The molecule has 1 saturated carbocycles. The highest BCUT2D eigenvalue weighted by atomic mass is 16.3. The third-order valence-electron chi connectivity index (χ3n) is 3.13. The maximum atomic E-state index is 11.7. The fourth-order valence-electron chi connectivity index (χ4n) is 2.13. The minimum atomic E-state index is -0.308. The van der Waals surface area contributed by atoms with E-state index >= 15 is 0 Å². The number of nitrogens with zero attached hydrogens (tertiary/aromatic N) is 1. The molecule has 3 N–H and O–H groups in total. The zero-order valence-electron chi connectivity index (χ0n) is 9.47. The second-order valence-corrected chi connectivity index (χ2v) is 4.40. The molecule has 92 valence electrons. The molecule has 0 aliphatic heterocycles. The summed E-state index contributed by atoms with van der Waals surface area (Å²) in [6.07, 6.45) is 5.14. The van der Waals surface area contributed by atoms with Crippen LogP contribution in [-0.2, 0) is 0 Å². The number of pyridine rings is 1. The van der Waals surface area contributed by atoms with Gasteiger partial charge >= 0.3 is 0 Å². The number of rotatable bonds is 3. The van der Waals surface area contributed by atoms with E-state index in [0.29, 0.717) is 12.1 Å². The molecule has 5 nitrogen and oxygen atoms in total. The monoisotopic (exact) mass is 236 g/mol. The Hall–Kier alpha value is -1.62. The lowest BCUT2D eigenvalue weighted by Gasteiger charge is -2.14. The Labute approximate surface area is 99.5 Å². The van der Waals surface area contributed by atoms with Crippen molar-refractivity contribution in [3.05, 3.63) is 24.0 Å². The molecule has 2 rings (SSSR count). The number of aromatic hydroxyl groups is 1. The highest BCUT2D eigenvalue weighted by Gasteiger charge is 2.25. The van der Waals surface area contributed by atoms with Crippen molar-refractivity contribution < 1.29 is 15.0 Å². The molecule has 0 bridgehead atoms. The Bertz CT molecular complexity index is 408. The number of hydrogen-bond acceptors (Lipinski definition) is 4. The average molecular weight is 236 g/mol. The van der Waals surface area contributed by atoms with Crippen molar-refractivity contribution in [2.75, 3.05) is 6.54 Å². The van der Waals surface area contributed by atoms with Crippen molar-refractivity contribution in [3.63, 3.8) is 0 Å². The van der Waals surface area contributed by atoms with Gasteiger partial charge in [-0.05, 0) is 18.9 Å². The summed E-state index contributed by atoms with van der Waals surface area (Å²) in [5.74, 6) is -0.157. The maximum absolute atomic E-state index is 11.7. The Morgan fingerprint density at radius 1 is 1.47 bits per heavy atom. The molecule has 1 aromatic heterocycles. The molecular weight excluding hydrogens is 220 g/mol. The number of nitrogens with one attached hydrogen (secondary N) is 1. The Balaban J connectivity index is 1.89. The van der Waals surface area contributed by atoms with Crippen molar-refractivity contribution in [2.45, 2.75) is 25.4 Å². The van der Waals surface area contributed by atoms with Crippen LogP contribution in [-0.4, -0.2) is 33.8 Å². The lowest BCUT2D eigenvalue weighted by atomic mass is 10.1. The van der Waals surface area contributed by atoms with E-state index < -0.39 is 0 Å². The van der Waals surface area contributed by atoms with Gasteiger partial charge in [0.05, 0.1) is 17.9 Å². The van der Waals surface area contributed by atoms with Gasteiger partial charge < -0.3 is 15.5 Å². The molecule has 1 fully saturated rings. The van der Waals surface area contributed by atoms with Crippen LogP contribution in [0.25, 0.3) is 0 Å². The second kappa shape index (κ2) is 5.14. The first-order valence-corrected chi connectivity index (χ1v) is 5.77. The van der Waals surface area contributed by atoms with E-state index in [4.69, 9.17) is 0 Å². The van der Waals surface area contributed by atoms with E-state index in [-0.39, 0.29) is 23.7 Å². The SMILES string of the molecule is O=C(NCC1CCCC1O)c1cncc(O)c1. The summed E-state index contributed by atoms with van der Waals surface area (Å²) in [6.45, 7) is 0.468. The molecule has 0 spiro atoms. The van der Waals surface area contributed by atoms with Crippen LogP contribution in [0.3, 0.4) is 0 Å². The minimum Gasteiger partial charge on any atom is -0.506 e. The first kappa shape index (κ1) is 11.9. The number of carbonyl (C=O) groups excluding carboxylic acids is 1. The molecule has 0 radical (unpaired) electrons. The summed E-state index contributed by atoms with van der Waals surface area (Å²) in [5, 5.41) is 21.6. The van der Waals surface area contributed by atoms with Crippen molar-refractivity contribution in [2.24, 2.45) is 5.92 Å². The van der Waals surface area contributed by atoms with E-state index in [1.807, 2.05) is 0 Å². The normalized spacial score (nSPS) is 23.6. The summed E-state index contributed by atoms with van der Waals surface area (Å²) in [6, 6.07) is 1.37. The molecule has 0 aromatic carbocycles. The van der Waals surface area contributed by atoms with Crippen LogP contribution in [0.1, 0.15) is 29.6 Å². The lowest BCUT2D eigenvalue weighted by Crippen LogP contribution is -2.32. The van der Waals surface area contributed by atoms with Crippen LogP contribution in [0.5, 0.6) is 5.75 Å². The van der Waals surface area contributed by atoms with Crippen LogP contribution >= 0.6 is 0 Å². The van der Waals surface area contributed by atoms with Gasteiger partial charge in [-0.1, -0.05) is 6.42 Å². The molecular formula is C12H16N2O3. The molecule has 2 unspecified atom stereocenters. The van der Waals surface area contributed by atoms with Gasteiger partial charge in [0.15, 0.2) is 0 Å². The third kappa shape index (κ3) is 2.94. The maximum Gasteiger partial charge on any atom is 0.252 e. The molecule has 1 aliphatic carbocycles. The van der Waals surface area contributed by atoms with Crippen molar-refractivity contribution >= 4 is 5.91 Å². The molecule has 5 heteroatoms. The molecule has 2 atom stereocenters. The third-order valence-corrected chi connectivity index (χ3v) is 3.13. The second-order valence-electron chi connectivity index (χ2n) is 4.40. The smallest absolute Gasteiger partial charge is 0.252 e. The van der Waals surface area contributed by atoms with Crippen molar-refractivity contribution in [1.29, 1.82) is 0 Å². The van der Waals surface area contributed by atoms with Gasteiger partial charge in [0.1, 0.15) is 5.75 Å². The molecule has 17 heavy (non-hydrogen) atoms. The van der Waals surface area contributed by atoms with Gasteiger partial charge in [0, 0.05) is 18.7 Å². The van der Waals surface area contributed by atoms with Crippen LogP contribution in [0, 0.1) is 5.92 Å². The van der Waals surface area contributed by atoms with E-state index in [2.05, 4.69) is 10.3 Å². The standard InChI is InChI=1S/C12H16N2O3/c15-10-4-9(5-13-7-10)12(17)14-6-8-2-1-3-11(8)16/h4-5,7-8,11,15-16H,1-3,6H2,(H,14,17). The Kier molecular flexibility index (Phi) is 3.58. The highest BCUT2D eigenvalue weighted by molar-refractivity contribution is 5.94. The first-order chi connectivity index (χ1) is 8.16. The van der Waals surface area contributed by atoms with Gasteiger partial charge in [-0.3, -0.25) is 9.78 Å². The lowest BCUT2D eigenvalue weighted by molar-refractivity contribution is 0.0916. The van der Waals surface area contributed by atoms with Crippen LogP contribution < -0.4 is 5.32 Å². The average Bonchev–Trinajstić information content (AvgIpc) is 2.72. The molecule has 0 saturated heterocycles. The van der Waals surface area contributed by atoms with E-state index in [1.54, 1.807) is 0 Å². The van der Waals surface area contributed by atoms with Gasteiger partial charge in [-0.2, -0.15) is 0 Å². The molecule has 1 aliphatic rings. The molecule has 1 amide bonds. The number of aliphatic hydroxyl groups excluding tert-OH is 1. The highest BCUT2D eigenvalue weighted by Crippen LogP contribution is 2.24. The zero-order chi connectivity index (χ0) is 12.3. The topological polar surface area (TPSA) is 82.5 Å². The van der Waals surface area contributed by atoms with Gasteiger partial charge in [0.2, 0.25) is 0 Å². The largest absolute Gasteiger partial charge is 0.506 e. The minimum absolute atomic E-state index is 0.0291. The number of carbonyl (C=O) groups is 1. The van der Waals surface area contributed by atoms with Crippen LogP contribution in [0.15, 0.2) is 18.5 Å². The van der Waals surface area contributed by atoms with Crippen molar-refractivity contribution in [3.8, 4) is 5.75 Å². The predicted octanol–water partition coefficient (Wildman–Crippen LogP) is 0.678. The van der Waals surface area contributed by atoms with Crippen LogP contribution in [0.2, 0.25) is 0 Å². The molecule has 1 aromatic rings. The van der Waals surface area contributed by atoms with Gasteiger partial charge in [0.25, 0.3) is 5.91 Å². The number of aromatic nitrogens is 1.